The number of para-hydroxylation sites is 4. The van der Waals surface area contributed by atoms with Gasteiger partial charge in [0.1, 0.15) is 0 Å². The molecule has 1 atom stereocenters. The third-order valence-electron chi connectivity index (χ3n) is 11.6. The number of fused-ring (bicyclic) bond motifs is 11. The fourth-order valence-corrected chi connectivity index (χ4v) is 9.56. The van der Waals surface area contributed by atoms with Gasteiger partial charge in [-0.1, -0.05) is 152 Å². The Hall–Kier alpha value is -6.77. The molecule has 0 N–H and O–H groups in total. The van der Waals surface area contributed by atoms with E-state index in [1.54, 1.807) is 0 Å². The summed E-state index contributed by atoms with van der Waals surface area (Å²) in [5.74, 6) is 0. The van der Waals surface area contributed by atoms with E-state index in [2.05, 4.69) is 187 Å². The molecule has 248 valence electrons. The summed E-state index contributed by atoms with van der Waals surface area (Å²) in [6.45, 7) is 7.15. The third-order valence-corrected chi connectivity index (χ3v) is 11.6. The van der Waals surface area contributed by atoms with Gasteiger partial charge in [-0.25, -0.2) is 4.98 Å². The van der Waals surface area contributed by atoms with Crippen LogP contribution in [0.15, 0.2) is 188 Å². The average Bonchev–Trinajstić information content (AvgIpc) is 3.70. The minimum atomic E-state index is -0.639. The summed E-state index contributed by atoms with van der Waals surface area (Å²) >= 11 is 0. The first-order chi connectivity index (χ1) is 26.2. The first-order valence-electron chi connectivity index (χ1n) is 18.4. The van der Waals surface area contributed by atoms with Gasteiger partial charge in [-0.15, -0.1) is 0 Å². The molecular formula is C51H34N2. The van der Waals surface area contributed by atoms with Crippen LogP contribution in [-0.4, -0.2) is 9.55 Å². The second-order valence-corrected chi connectivity index (χ2v) is 14.3. The Labute approximate surface area is 308 Å². The van der Waals surface area contributed by atoms with Crippen molar-refractivity contribution in [1.29, 1.82) is 0 Å². The number of benzene rings is 7. The molecular weight excluding hydrogens is 641 g/mol. The van der Waals surface area contributed by atoms with Crippen molar-refractivity contribution in [2.24, 2.45) is 0 Å². The molecule has 0 saturated heterocycles. The Morgan fingerprint density at radius 1 is 0.604 bits per heavy atom. The lowest BCUT2D eigenvalue weighted by Gasteiger charge is -2.41. The van der Waals surface area contributed by atoms with Crippen molar-refractivity contribution in [2.75, 3.05) is 0 Å². The molecule has 1 spiro atoms. The van der Waals surface area contributed by atoms with Crippen molar-refractivity contribution in [2.45, 2.75) is 12.3 Å². The molecule has 3 heterocycles. The maximum absolute atomic E-state index is 5.42. The van der Waals surface area contributed by atoms with E-state index >= 15 is 0 Å². The maximum atomic E-state index is 5.42. The standard InChI is InChI=1S/C51H34N2/c1-3-15-39-36-18-6-9-22-42(36)51(43-23-10-13-27-48(43)53-47-26-12-8-20-38(47)40-21-14-24-44(51)50(40)53)49(39)32(2)46-31-41(37-19-7-11-25-45(37)52-46)35-29-28-33-16-4-5-17-34(33)30-35/h3-31H,2H2,1H3/b15-3-. The van der Waals surface area contributed by atoms with Gasteiger partial charge < -0.3 is 4.57 Å². The lowest BCUT2D eigenvalue weighted by molar-refractivity contribution is 0.746. The van der Waals surface area contributed by atoms with Crippen molar-refractivity contribution < 1.29 is 0 Å². The first-order valence-corrected chi connectivity index (χ1v) is 18.4. The lowest BCUT2D eigenvalue weighted by Crippen LogP contribution is -2.35. The highest BCUT2D eigenvalue weighted by atomic mass is 15.0. The van der Waals surface area contributed by atoms with Crippen LogP contribution < -0.4 is 0 Å². The van der Waals surface area contributed by atoms with Gasteiger partial charge in [-0.3, -0.25) is 0 Å². The van der Waals surface area contributed by atoms with Gasteiger partial charge in [0.15, 0.2) is 0 Å². The number of aromatic nitrogens is 2. The van der Waals surface area contributed by atoms with E-state index < -0.39 is 5.41 Å². The molecule has 0 radical (unpaired) electrons. The van der Waals surface area contributed by atoms with Gasteiger partial charge >= 0.3 is 0 Å². The van der Waals surface area contributed by atoms with E-state index in [0.717, 1.165) is 27.7 Å². The zero-order chi connectivity index (χ0) is 35.3. The molecule has 2 aliphatic rings. The van der Waals surface area contributed by atoms with Crippen LogP contribution in [0.5, 0.6) is 0 Å². The van der Waals surface area contributed by atoms with Crippen molar-refractivity contribution in [3.8, 4) is 16.8 Å². The zero-order valence-corrected chi connectivity index (χ0v) is 29.3. The predicted molar refractivity (Wildman–Crippen MR) is 223 cm³/mol. The SMILES string of the molecule is C=C(C1=C(/C=C\C)c2ccccc2C12c1ccccc1-n1c3ccccc3c3cccc2c31)c1cc(-c2ccc3ccccc3c2)c2ccccc2n1. The second-order valence-electron chi connectivity index (χ2n) is 14.3. The molecule has 0 bridgehead atoms. The van der Waals surface area contributed by atoms with Gasteiger partial charge in [0, 0.05) is 16.2 Å². The molecule has 53 heavy (non-hydrogen) atoms. The smallest absolute Gasteiger partial charge is 0.0760 e. The number of allylic oxidation sites excluding steroid dienone is 5. The van der Waals surface area contributed by atoms with Crippen LogP contribution in [0.1, 0.15) is 34.9 Å². The van der Waals surface area contributed by atoms with E-state index in [1.807, 2.05) is 0 Å². The van der Waals surface area contributed by atoms with Crippen LogP contribution >= 0.6 is 0 Å². The number of nitrogens with zero attached hydrogens (tertiary/aromatic N) is 2. The van der Waals surface area contributed by atoms with Crippen LogP contribution in [0.3, 0.4) is 0 Å². The predicted octanol–water partition coefficient (Wildman–Crippen LogP) is 12.9. The van der Waals surface area contributed by atoms with Crippen LogP contribution in [0.4, 0.5) is 0 Å². The highest BCUT2D eigenvalue weighted by molar-refractivity contribution is 6.14. The molecule has 2 aromatic heterocycles. The van der Waals surface area contributed by atoms with Crippen molar-refractivity contribution in [1.82, 2.24) is 9.55 Å². The van der Waals surface area contributed by atoms with Gasteiger partial charge in [0.25, 0.3) is 0 Å². The summed E-state index contributed by atoms with van der Waals surface area (Å²) in [4.78, 5) is 5.42. The van der Waals surface area contributed by atoms with E-state index in [-0.39, 0.29) is 0 Å². The lowest BCUT2D eigenvalue weighted by atomic mass is 9.63. The summed E-state index contributed by atoms with van der Waals surface area (Å²) in [7, 11) is 0. The van der Waals surface area contributed by atoms with E-state index in [4.69, 9.17) is 11.6 Å². The van der Waals surface area contributed by atoms with E-state index in [1.165, 1.54) is 77.2 Å². The van der Waals surface area contributed by atoms with Crippen molar-refractivity contribution in [3.05, 3.63) is 216 Å². The van der Waals surface area contributed by atoms with Gasteiger partial charge in [0.05, 0.1) is 33.3 Å². The fourth-order valence-electron chi connectivity index (χ4n) is 9.56. The monoisotopic (exact) mass is 674 g/mol. The molecule has 0 saturated carbocycles. The second kappa shape index (κ2) is 11.1. The van der Waals surface area contributed by atoms with Gasteiger partial charge in [0.2, 0.25) is 0 Å². The Bertz CT molecular complexity index is 3100. The molecule has 1 aliphatic heterocycles. The van der Waals surface area contributed by atoms with Crippen molar-refractivity contribution >= 4 is 54.6 Å². The van der Waals surface area contributed by atoms with Crippen LogP contribution in [-0.2, 0) is 5.41 Å². The quantitative estimate of drug-likeness (QED) is 0.182. The molecule has 11 rings (SSSR count). The molecule has 2 heteroatoms. The Morgan fingerprint density at radius 2 is 1.30 bits per heavy atom. The summed E-state index contributed by atoms with van der Waals surface area (Å²) in [5.41, 5.74) is 15.5. The summed E-state index contributed by atoms with van der Waals surface area (Å²) < 4.78 is 2.49. The van der Waals surface area contributed by atoms with Gasteiger partial charge in [-0.2, -0.15) is 0 Å². The Kier molecular flexibility index (Phi) is 6.27. The highest BCUT2D eigenvalue weighted by Gasteiger charge is 2.52. The minimum absolute atomic E-state index is 0.639. The van der Waals surface area contributed by atoms with Crippen LogP contribution in [0, 0.1) is 0 Å². The molecule has 1 unspecified atom stereocenters. The fraction of sp³-hybridized carbons (Fsp3) is 0.0392. The zero-order valence-electron chi connectivity index (χ0n) is 29.3. The van der Waals surface area contributed by atoms with Gasteiger partial charge in [-0.05, 0) is 98.1 Å². The Balaban J connectivity index is 1.25. The summed E-state index contributed by atoms with van der Waals surface area (Å²) in [6, 6.07) is 59.8. The first kappa shape index (κ1) is 29.9. The van der Waals surface area contributed by atoms with E-state index in [0.29, 0.717) is 0 Å². The average molecular weight is 675 g/mol. The van der Waals surface area contributed by atoms with Crippen LogP contribution in [0.2, 0.25) is 0 Å². The number of hydrogen-bond donors (Lipinski definition) is 0. The molecule has 0 fully saturated rings. The molecule has 1 aliphatic carbocycles. The number of hydrogen-bond acceptors (Lipinski definition) is 1. The molecule has 9 aromatic rings. The van der Waals surface area contributed by atoms with Crippen molar-refractivity contribution in [3.63, 3.8) is 0 Å². The van der Waals surface area contributed by atoms with E-state index in [9.17, 15) is 0 Å². The molecule has 7 aromatic carbocycles. The summed E-state index contributed by atoms with van der Waals surface area (Å²) in [5, 5.41) is 6.10. The Morgan fingerprint density at radius 3 is 2.19 bits per heavy atom. The largest absolute Gasteiger partial charge is 0.309 e. The minimum Gasteiger partial charge on any atom is -0.309 e. The maximum Gasteiger partial charge on any atom is 0.0760 e. The molecule has 2 nitrogen and oxygen atoms in total. The summed E-state index contributed by atoms with van der Waals surface area (Å²) in [6.07, 6.45) is 4.45. The highest BCUT2D eigenvalue weighted by Crippen LogP contribution is 2.62. The third kappa shape index (κ3) is 3.95. The topological polar surface area (TPSA) is 17.8 Å². The number of pyridine rings is 1. The van der Waals surface area contributed by atoms with Crippen LogP contribution in [0.25, 0.3) is 71.4 Å². The normalized spacial score (nSPS) is 16.0. The number of rotatable bonds is 4. The molecule has 0 amide bonds.